The van der Waals surface area contributed by atoms with Crippen LogP contribution in [0.1, 0.15) is 60.4 Å². The van der Waals surface area contributed by atoms with Gasteiger partial charge in [0.2, 0.25) is 5.95 Å². The van der Waals surface area contributed by atoms with Crippen LogP contribution in [-0.2, 0) is 0 Å². The van der Waals surface area contributed by atoms with Crippen LogP contribution < -0.4 is 11.1 Å². The van der Waals surface area contributed by atoms with E-state index in [9.17, 15) is 9.18 Å². The van der Waals surface area contributed by atoms with E-state index in [2.05, 4.69) is 20.2 Å². The molecule has 0 unspecified atom stereocenters. The highest BCUT2D eigenvalue weighted by molar-refractivity contribution is 5.92. The number of anilines is 1. The highest BCUT2D eigenvalue weighted by Crippen LogP contribution is 2.25. The maximum absolute atomic E-state index is 13.3. The Bertz CT molecular complexity index is 787. The predicted molar refractivity (Wildman–Crippen MR) is 103 cm³/mol. The SMILES string of the molecule is CC(C)c1cc(C(=O)NC[C@@H](c2ccc(F)cc2)N2CCCC2)nc(N)n1. The van der Waals surface area contributed by atoms with Gasteiger partial charge in [-0.25, -0.2) is 14.4 Å². The maximum Gasteiger partial charge on any atom is 0.270 e. The van der Waals surface area contributed by atoms with Crippen LogP contribution in [0.5, 0.6) is 0 Å². The van der Waals surface area contributed by atoms with Gasteiger partial charge in [0.15, 0.2) is 0 Å². The zero-order valence-corrected chi connectivity index (χ0v) is 15.8. The van der Waals surface area contributed by atoms with Crippen molar-refractivity contribution in [2.45, 2.75) is 38.6 Å². The number of benzene rings is 1. The average molecular weight is 371 g/mol. The summed E-state index contributed by atoms with van der Waals surface area (Å²) >= 11 is 0. The van der Waals surface area contributed by atoms with Crippen LogP contribution in [0, 0.1) is 5.82 Å². The predicted octanol–water partition coefficient (Wildman–Crippen LogP) is 2.89. The molecule has 0 radical (unpaired) electrons. The van der Waals surface area contributed by atoms with Crippen molar-refractivity contribution in [3.63, 3.8) is 0 Å². The summed E-state index contributed by atoms with van der Waals surface area (Å²) in [6.07, 6.45) is 2.26. The number of hydrogen-bond acceptors (Lipinski definition) is 5. The van der Waals surface area contributed by atoms with Crippen molar-refractivity contribution in [3.8, 4) is 0 Å². The number of halogens is 1. The summed E-state index contributed by atoms with van der Waals surface area (Å²) in [4.78, 5) is 23.2. The second-order valence-corrected chi connectivity index (χ2v) is 7.21. The van der Waals surface area contributed by atoms with Crippen molar-refractivity contribution in [1.29, 1.82) is 0 Å². The molecule has 2 aromatic rings. The second kappa shape index (κ2) is 8.43. The van der Waals surface area contributed by atoms with Gasteiger partial charge in [0.25, 0.3) is 5.91 Å². The van der Waals surface area contributed by atoms with Gasteiger partial charge in [-0.15, -0.1) is 0 Å². The number of nitrogens with zero attached hydrogens (tertiary/aromatic N) is 3. The summed E-state index contributed by atoms with van der Waals surface area (Å²) in [7, 11) is 0. The van der Waals surface area contributed by atoms with E-state index in [1.165, 1.54) is 12.1 Å². The molecule has 0 saturated carbocycles. The van der Waals surface area contributed by atoms with Crippen LogP contribution in [0.25, 0.3) is 0 Å². The maximum atomic E-state index is 13.3. The van der Waals surface area contributed by atoms with Gasteiger partial charge in [0.1, 0.15) is 11.5 Å². The molecule has 27 heavy (non-hydrogen) atoms. The Balaban J connectivity index is 1.75. The molecule has 6 nitrogen and oxygen atoms in total. The Labute approximate surface area is 159 Å². The number of amides is 1. The van der Waals surface area contributed by atoms with Crippen molar-refractivity contribution in [2.75, 3.05) is 25.4 Å². The Hall–Kier alpha value is -2.54. The Kier molecular flexibility index (Phi) is 6.01. The van der Waals surface area contributed by atoms with Crippen LogP contribution in [0.4, 0.5) is 10.3 Å². The summed E-state index contributed by atoms with van der Waals surface area (Å²) < 4.78 is 13.3. The quantitative estimate of drug-likeness (QED) is 0.816. The fraction of sp³-hybridized carbons (Fsp3) is 0.450. The summed E-state index contributed by atoms with van der Waals surface area (Å²) in [6, 6.07) is 8.16. The van der Waals surface area contributed by atoms with Gasteiger partial charge in [-0.3, -0.25) is 9.69 Å². The van der Waals surface area contributed by atoms with E-state index in [0.717, 1.165) is 37.2 Å². The largest absolute Gasteiger partial charge is 0.368 e. The highest BCUT2D eigenvalue weighted by atomic mass is 19.1. The summed E-state index contributed by atoms with van der Waals surface area (Å²) in [6.45, 7) is 6.33. The minimum absolute atomic E-state index is 0.000744. The van der Waals surface area contributed by atoms with Gasteiger partial charge in [-0.05, 0) is 55.6 Å². The number of nitrogen functional groups attached to an aromatic ring is 1. The van der Waals surface area contributed by atoms with Crippen molar-refractivity contribution >= 4 is 11.9 Å². The lowest BCUT2D eigenvalue weighted by molar-refractivity contribution is 0.0932. The molecule has 1 atom stereocenters. The molecule has 1 aromatic carbocycles. The number of nitrogens with two attached hydrogens (primary N) is 1. The molecule has 1 amide bonds. The fourth-order valence-corrected chi connectivity index (χ4v) is 3.37. The molecule has 1 aromatic heterocycles. The topological polar surface area (TPSA) is 84.1 Å². The van der Waals surface area contributed by atoms with Crippen LogP contribution in [0.2, 0.25) is 0 Å². The van der Waals surface area contributed by atoms with Gasteiger partial charge in [0, 0.05) is 12.2 Å². The van der Waals surface area contributed by atoms with Crippen LogP contribution in [0.15, 0.2) is 30.3 Å². The summed E-state index contributed by atoms with van der Waals surface area (Å²) in [5, 5.41) is 2.96. The number of rotatable bonds is 6. The van der Waals surface area contributed by atoms with E-state index in [-0.39, 0.29) is 35.3 Å². The lowest BCUT2D eigenvalue weighted by atomic mass is 10.1. The van der Waals surface area contributed by atoms with Gasteiger partial charge >= 0.3 is 0 Å². The Morgan fingerprint density at radius 3 is 2.52 bits per heavy atom. The molecular weight excluding hydrogens is 345 g/mol. The molecule has 144 valence electrons. The third kappa shape index (κ3) is 4.80. The minimum Gasteiger partial charge on any atom is -0.368 e. The second-order valence-electron chi connectivity index (χ2n) is 7.21. The third-order valence-electron chi connectivity index (χ3n) is 4.88. The summed E-state index contributed by atoms with van der Waals surface area (Å²) in [5.74, 6) is -0.294. The molecule has 7 heteroatoms. The minimum atomic E-state index is -0.280. The van der Waals surface area contributed by atoms with Crippen molar-refractivity contribution in [3.05, 3.63) is 53.1 Å². The first-order valence-electron chi connectivity index (χ1n) is 9.36. The van der Waals surface area contributed by atoms with E-state index in [0.29, 0.717) is 6.54 Å². The van der Waals surface area contributed by atoms with E-state index >= 15 is 0 Å². The number of nitrogens with one attached hydrogen (secondary N) is 1. The lowest BCUT2D eigenvalue weighted by Gasteiger charge is -2.28. The molecule has 1 fully saturated rings. The van der Waals surface area contributed by atoms with E-state index in [1.807, 2.05) is 13.8 Å². The average Bonchev–Trinajstić information content (AvgIpc) is 3.17. The fourth-order valence-electron chi connectivity index (χ4n) is 3.37. The third-order valence-corrected chi connectivity index (χ3v) is 4.88. The molecule has 0 aliphatic carbocycles. The number of carbonyl (C=O) groups is 1. The first-order chi connectivity index (χ1) is 12.9. The Morgan fingerprint density at radius 1 is 1.22 bits per heavy atom. The smallest absolute Gasteiger partial charge is 0.270 e. The molecule has 2 heterocycles. The molecule has 3 N–H and O–H groups in total. The standard InChI is InChI=1S/C20H26FN5O/c1-13(2)16-11-17(25-20(22)24-16)19(27)23-12-18(26-9-3-4-10-26)14-5-7-15(21)8-6-14/h5-8,11,13,18H,3-4,9-10,12H2,1-2H3,(H,23,27)(H2,22,24,25)/t18-/m0/s1. The lowest BCUT2D eigenvalue weighted by Crippen LogP contribution is -2.37. The molecule has 0 bridgehead atoms. The van der Waals surface area contributed by atoms with E-state index < -0.39 is 0 Å². The zero-order valence-electron chi connectivity index (χ0n) is 15.8. The monoisotopic (exact) mass is 371 g/mol. The van der Waals surface area contributed by atoms with Crippen LogP contribution >= 0.6 is 0 Å². The van der Waals surface area contributed by atoms with Gasteiger partial charge in [-0.1, -0.05) is 26.0 Å². The number of carbonyl (C=O) groups excluding carboxylic acids is 1. The van der Waals surface area contributed by atoms with Crippen LogP contribution in [0.3, 0.4) is 0 Å². The molecule has 1 aliphatic rings. The number of aromatic nitrogens is 2. The first kappa shape index (κ1) is 19.2. The summed E-state index contributed by atoms with van der Waals surface area (Å²) in [5.41, 5.74) is 7.75. The zero-order chi connectivity index (χ0) is 19.4. The number of hydrogen-bond donors (Lipinski definition) is 2. The normalized spacial score (nSPS) is 15.9. The molecule has 3 rings (SSSR count). The molecule has 0 spiro atoms. The van der Waals surface area contributed by atoms with E-state index in [1.54, 1.807) is 18.2 Å². The van der Waals surface area contributed by atoms with Crippen molar-refractivity contribution in [1.82, 2.24) is 20.2 Å². The van der Waals surface area contributed by atoms with E-state index in [4.69, 9.17) is 5.73 Å². The van der Waals surface area contributed by atoms with Gasteiger partial charge in [-0.2, -0.15) is 0 Å². The van der Waals surface area contributed by atoms with Crippen molar-refractivity contribution < 1.29 is 9.18 Å². The first-order valence-corrected chi connectivity index (χ1v) is 9.36. The molecule has 1 saturated heterocycles. The number of likely N-dealkylation sites (tertiary alicyclic amines) is 1. The van der Waals surface area contributed by atoms with Crippen molar-refractivity contribution in [2.24, 2.45) is 0 Å². The molecule has 1 aliphatic heterocycles. The Morgan fingerprint density at radius 2 is 1.89 bits per heavy atom. The highest BCUT2D eigenvalue weighted by Gasteiger charge is 2.24. The van der Waals surface area contributed by atoms with Gasteiger partial charge in [0.05, 0.1) is 6.04 Å². The van der Waals surface area contributed by atoms with Gasteiger partial charge < -0.3 is 11.1 Å². The molecular formula is C20H26FN5O. The van der Waals surface area contributed by atoms with Crippen LogP contribution in [-0.4, -0.2) is 40.4 Å².